The van der Waals surface area contributed by atoms with Gasteiger partial charge in [-0.05, 0) is 31.9 Å². The Kier molecular flexibility index (Phi) is 4.45. The number of nitrogens with one attached hydrogen (secondary N) is 1. The van der Waals surface area contributed by atoms with Crippen molar-refractivity contribution in [2.45, 2.75) is 31.9 Å². The van der Waals surface area contributed by atoms with Crippen molar-refractivity contribution in [1.29, 1.82) is 0 Å². The van der Waals surface area contributed by atoms with Crippen LogP contribution in [-0.4, -0.2) is 18.1 Å². The third kappa shape index (κ3) is 2.92. The Balaban J connectivity index is 1.84. The van der Waals surface area contributed by atoms with Gasteiger partial charge in [-0.15, -0.1) is 11.3 Å². The van der Waals surface area contributed by atoms with Gasteiger partial charge in [-0.2, -0.15) is 0 Å². The summed E-state index contributed by atoms with van der Waals surface area (Å²) in [5.41, 5.74) is 2.35. The molecule has 0 radical (unpaired) electrons. The molecule has 3 nitrogen and oxygen atoms in total. The molecule has 1 N–H and O–H groups in total. The number of hydrogen-bond acceptors (Lipinski definition) is 4. The van der Waals surface area contributed by atoms with E-state index in [0.29, 0.717) is 12.6 Å². The number of benzene rings is 1. The number of rotatable bonds is 5. The van der Waals surface area contributed by atoms with Gasteiger partial charge in [0.25, 0.3) is 0 Å². The van der Waals surface area contributed by atoms with Crippen LogP contribution < -0.4 is 5.32 Å². The Morgan fingerprint density at radius 3 is 2.95 bits per heavy atom. The van der Waals surface area contributed by atoms with Crippen molar-refractivity contribution in [2.24, 2.45) is 0 Å². The van der Waals surface area contributed by atoms with Gasteiger partial charge in [0, 0.05) is 12.0 Å². The SMILES string of the molecule is CCOC(c1ccccc1)c1nc(C2CCCN2)cs1. The molecule has 0 bridgehead atoms. The second-order valence-electron chi connectivity index (χ2n) is 5.01. The molecule has 20 heavy (non-hydrogen) atoms. The first-order chi connectivity index (χ1) is 9.88. The average molecular weight is 288 g/mol. The Labute approximate surface area is 124 Å². The first kappa shape index (κ1) is 13.7. The van der Waals surface area contributed by atoms with Crippen molar-refractivity contribution in [3.63, 3.8) is 0 Å². The van der Waals surface area contributed by atoms with Gasteiger partial charge >= 0.3 is 0 Å². The number of hydrogen-bond donors (Lipinski definition) is 1. The van der Waals surface area contributed by atoms with Crippen molar-refractivity contribution in [2.75, 3.05) is 13.2 Å². The van der Waals surface area contributed by atoms with E-state index in [9.17, 15) is 0 Å². The summed E-state index contributed by atoms with van der Waals surface area (Å²) < 4.78 is 5.92. The minimum atomic E-state index is -0.0404. The Hall–Kier alpha value is -1.23. The highest BCUT2D eigenvalue weighted by molar-refractivity contribution is 7.09. The van der Waals surface area contributed by atoms with Crippen LogP contribution in [0.1, 0.15) is 48.2 Å². The van der Waals surface area contributed by atoms with Crippen LogP contribution in [0, 0.1) is 0 Å². The van der Waals surface area contributed by atoms with Crippen molar-refractivity contribution in [1.82, 2.24) is 10.3 Å². The highest BCUT2D eigenvalue weighted by atomic mass is 32.1. The molecule has 1 saturated heterocycles. The van der Waals surface area contributed by atoms with E-state index in [0.717, 1.165) is 11.6 Å². The van der Waals surface area contributed by atoms with E-state index in [2.05, 4.69) is 22.8 Å². The van der Waals surface area contributed by atoms with E-state index in [1.54, 1.807) is 11.3 Å². The maximum absolute atomic E-state index is 5.92. The van der Waals surface area contributed by atoms with Crippen LogP contribution in [0.25, 0.3) is 0 Å². The summed E-state index contributed by atoms with van der Waals surface area (Å²) >= 11 is 1.70. The lowest BCUT2D eigenvalue weighted by Crippen LogP contribution is -2.13. The molecular formula is C16H20N2OS. The van der Waals surface area contributed by atoms with Crippen molar-refractivity contribution in [3.05, 3.63) is 52.0 Å². The lowest BCUT2D eigenvalue weighted by Gasteiger charge is -2.15. The fourth-order valence-electron chi connectivity index (χ4n) is 2.62. The molecular weight excluding hydrogens is 268 g/mol. The molecule has 0 aliphatic carbocycles. The number of nitrogens with zero attached hydrogens (tertiary/aromatic N) is 1. The molecule has 1 aromatic carbocycles. The third-order valence-electron chi connectivity index (χ3n) is 3.62. The van der Waals surface area contributed by atoms with E-state index in [-0.39, 0.29) is 6.10 Å². The molecule has 106 valence electrons. The van der Waals surface area contributed by atoms with E-state index in [1.807, 2.05) is 25.1 Å². The van der Waals surface area contributed by atoms with Crippen molar-refractivity contribution in [3.8, 4) is 0 Å². The fourth-order valence-corrected chi connectivity index (χ4v) is 3.57. The smallest absolute Gasteiger partial charge is 0.134 e. The van der Waals surface area contributed by atoms with Crippen molar-refractivity contribution < 1.29 is 4.74 Å². The van der Waals surface area contributed by atoms with Crippen LogP contribution in [0.15, 0.2) is 35.7 Å². The molecule has 1 fully saturated rings. The standard InChI is InChI=1S/C16H20N2OS/c1-2-19-15(12-7-4-3-5-8-12)16-18-14(11-20-16)13-9-6-10-17-13/h3-5,7-8,11,13,15,17H,2,6,9-10H2,1H3. The first-order valence-corrected chi connectivity index (χ1v) is 8.11. The lowest BCUT2D eigenvalue weighted by atomic mass is 10.1. The van der Waals surface area contributed by atoms with Crippen LogP contribution in [0.3, 0.4) is 0 Å². The van der Waals surface area contributed by atoms with Gasteiger partial charge in [-0.25, -0.2) is 4.98 Å². The normalized spacial score (nSPS) is 20.1. The second kappa shape index (κ2) is 6.48. The van der Waals surface area contributed by atoms with Crippen molar-refractivity contribution >= 4 is 11.3 Å². The third-order valence-corrected chi connectivity index (χ3v) is 4.52. The summed E-state index contributed by atoms with van der Waals surface area (Å²) in [7, 11) is 0. The summed E-state index contributed by atoms with van der Waals surface area (Å²) in [6.45, 7) is 3.82. The molecule has 1 aromatic heterocycles. The Morgan fingerprint density at radius 2 is 2.25 bits per heavy atom. The van der Waals surface area contributed by atoms with E-state index in [4.69, 9.17) is 9.72 Å². The van der Waals surface area contributed by atoms with Gasteiger partial charge in [0.15, 0.2) is 0 Å². The topological polar surface area (TPSA) is 34.1 Å². The van der Waals surface area contributed by atoms with E-state index in [1.165, 1.54) is 24.1 Å². The number of thiazole rings is 1. The first-order valence-electron chi connectivity index (χ1n) is 7.23. The average Bonchev–Trinajstić information content (AvgIpc) is 3.16. The molecule has 0 saturated carbocycles. The summed E-state index contributed by atoms with van der Waals surface area (Å²) in [6, 6.07) is 10.8. The highest BCUT2D eigenvalue weighted by Gasteiger charge is 2.22. The van der Waals surface area contributed by atoms with Crippen LogP contribution in [0.2, 0.25) is 0 Å². The summed E-state index contributed by atoms with van der Waals surface area (Å²) in [4.78, 5) is 4.82. The zero-order valence-electron chi connectivity index (χ0n) is 11.7. The van der Waals surface area contributed by atoms with Crippen LogP contribution in [-0.2, 0) is 4.74 Å². The molecule has 4 heteroatoms. The second-order valence-corrected chi connectivity index (χ2v) is 5.90. The van der Waals surface area contributed by atoms with Crippen LogP contribution in [0.4, 0.5) is 0 Å². The molecule has 0 amide bonds. The molecule has 1 aliphatic heterocycles. The van der Waals surface area contributed by atoms with E-state index < -0.39 is 0 Å². The minimum Gasteiger partial charge on any atom is -0.367 e. The quantitative estimate of drug-likeness (QED) is 0.911. The van der Waals surface area contributed by atoms with Gasteiger partial charge in [0.05, 0.1) is 11.7 Å². The van der Waals surface area contributed by atoms with Gasteiger partial charge in [0.1, 0.15) is 11.1 Å². The highest BCUT2D eigenvalue weighted by Crippen LogP contribution is 2.31. The maximum atomic E-state index is 5.92. The number of aromatic nitrogens is 1. The lowest BCUT2D eigenvalue weighted by molar-refractivity contribution is 0.0910. The van der Waals surface area contributed by atoms with E-state index >= 15 is 0 Å². The Bertz CT molecular complexity index is 534. The zero-order chi connectivity index (χ0) is 13.8. The maximum Gasteiger partial charge on any atom is 0.134 e. The van der Waals surface area contributed by atoms with Gasteiger partial charge in [-0.1, -0.05) is 30.3 Å². The van der Waals surface area contributed by atoms with Gasteiger partial charge in [-0.3, -0.25) is 0 Å². The molecule has 2 aromatic rings. The molecule has 2 atom stereocenters. The van der Waals surface area contributed by atoms with Gasteiger partial charge < -0.3 is 10.1 Å². The van der Waals surface area contributed by atoms with Gasteiger partial charge in [0.2, 0.25) is 0 Å². The van der Waals surface area contributed by atoms with Crippen LogP contribution in [0.5, 0.6) is 0 Å². The Morgan fingerprint density at radius 1 is 1.40 bits per heavy atom. The fraction of sp³-hybridized carbons (Fsp3) is 0.438. The predicted octanol–water partition coefficient (Wildman–Crippen LogP) is 3.69. The number of ether oxygens (including phenoxy) is 1. The molecule has 2 heterocycles. The summed E-state index contributed by atoms with van der Waals surface area (Å²) in [5.74, 6) is 0. The minimum absolute atomic E-state index is 0.0404. The predicted molar refractivity (Wildman–Crippen MR) is 82.0 cm³/mol. The van der Waals surface area contributed by atoms with Crippen LogP contribution >= 0.6 is 11.3 Å². The molecule has 1 aliphatic rings. The zero-order valence-corrected chi connectivity index (χ0v) is 12.5. The monoisotopic (exact) mass is 288 g/mol. The largest absolute Gasteiger partial charge is 0.367 e. The molecule has 2 unspecified atom stereocenters. The molecule has 0 spiro atoms. The summed E-state index contributed by atoms with van der Waals surface area (Å²) in [6.07, 6.45) is 2.39. The molecule has 3 rings (SSSR count). The summed E-state index contributed by atoms with van der Waals surface area (Å²) in [5, 5.41) is 6.73.